The van der Waals surface area contributed by atoms with Crippen LogP contribution in [0.25, 0.3) is 0 Å². The average molecular weight is 541 g/mol. The highest BCUT2D eigenvalue weighted by molar-refractivity contribution is 9.10. The largest absolute Gasteiger partial charge is 0.484 e. The first-order valence-corrected chi connectivity index (χ1v) is 12.4. The fourth-order valence-electron chi connectivity index (χ4n) is 3.55. The van der Waals surface area contributed by atoms with Crippen LogP contribution in [-0.4, -0.2) is 35.9 Å². The van der Waals surface area contributed by atoms with Gasteiger partial charge in [0.2, 0.25) is 5.91 Å². The first kappa shape index (κ1) is 26.4. The molecule has 0 unspecified atom stereocenters. The van der Waals surface area contributed by atoms with Crippen molar-refractivity contribution in [2.75, 3.05) is 13.2 Å². The van der Waals surface area contributed by atoms with Crippen molar-refractivity contribution in [2.45, 2.75) is 32.9 Å². The van der Waals surface area contributed by atoms with E-state index in [1.807, 2.05) is 56.3 Å². The summed E-state index contributed by atoms with van der Waals surface area (Å²) in [6.07, 6.45) is 0.295. The van der Waals surface area contributed by atoms with Gasteiger partial charge in [0.15, 0.2) is 6.61 Å². The zero-order valence-electron chi connectivity index (χ0n) is 19.9. The van der Waals surface area contributed by atoms with Crippen LogP contribution in [0.3, 0.4) is 0 Å². The molecule has 35 heavy (non-hydrogen) atoms. The number of ether oxygens (including phenoxy) is 1. The van der Waals surface area contributed by atoms with E-state index >= 15 is 0 Å². The predicted octanol–water partition coefficient (Wildman–Crippen LogP) is 5.38. The summed E-state index contributed by atoms with van der Waals surface area (Å²) in [5.74, 6) is -0.350. The van der Waals surface area contributed by atoms with E-state index in [1.54, 1.807) is 30.3 Å². The summed E-state index contributed by atoms with van der Waals surface area (Å²) in [7, 11) is 0. The van der Waals surface area contributed by atoms with Crippen molar-refractivity contribution < 1.29 is 18.7 Å². The summed E-state index contributed by atoms with van der Waals surface area (Å²) < 4.78 is 21.2. The summed E-state index contributed by atoms with van der Waals surface area (Å²) in [4.78, 5) is 28.2. The molecule has 0 heterocycles. The number of amides is 2. The van der Waals surface area contributed by atoms with Crippen LogP contribution >= 0.6 is 15.9 Å². The van der Waals surface area contributed by atoms with Gasteiger partial charge in [0.05, 0.1) is 0 Å². The van der Waals surface area contributed by atoms with Crippen LogP contribution in [-0.2, 0) is 22.6 Å². The molecule has 7 heteroatoms. The molecule has 2 amide bonds. The molecule has 0 spiro atoms. The number of hydrogen-bond acceptors (Lipinski definition) is 3. The number of benzene rings is 3. The SMILES string of the molecule is CC(C)CNC(=O)[C@@H](Cc1ccccc1)N(Cc1ccccc1F)C(=O)COc1ccc(Br)cc1. The molecule has 0 radical (unpaired) electrons. The van der Waals surface area contributed by atoms with Gasteiger partial charge in [-0.25, -0.2) is 4.39 Å². The highest BCUT2D eigenvalue weighted by atomic mass is 79.9. The topological polar surface area (TPSA) is 58.6 Å². The van der Waals surface area contributed by atoms with E-state index in [1.165, 1.54) is 11.0 Å². The molecule has 3 rings (SSSR count). The van der Waals surface area contributed by atoms with Gasteiger partial charge in [-0.1, -0.05) is 78.3 Å². The maximum absolute atomic E-state index is 14.6. The summed E-state index contributed by atoms with van der Waals surface area (Å²) in [5.41, 5.74) is 1.23. The zero-order valence-corrected chi connectivity index (χ0v) is 21.5. The first-order valence-electron chi connectivity index (χ1n) is 11.6. The van der Waals surface area contributed by atoms with Crippen LogP contribution in [0, 0.1) is 11.7 Å². The molecule has 1 N–H and O–H groups in total. The summed E-state index contributed by atoms with van der Waals surface area (Å²) in [5, 5.41) is 2.95. The van der Waals surface area contributed by atoms with Crippen LogP contribution < -0.4 is 10.1 Å². The third-order valence-electron chi connectivity index (χ3n) is 5.43. The molecule has 184 valence electrons. The van der Waals surface area contributed by atoms with Crippen molar-refractivity contribution in [3.63, 3.8) is 0 Å². The summed E-state index contributed by atoms with van der Waals surface area (Å²) in [6.45, 7) is 4.14. The monoisotopic (exact) mass is 540 g/mol. The van der Waals surface area contributed by atoms with Crippen molar-refractivity contribution in [2.24, 2.45) is 5.92 Å². The van der Waals surface area contributed by atoms with Gasteiger partial charge in [0, 0.05) is 29.5 Å². The van der Waals surface area contributed by atoms with Gasteiger partial charge < -0.3 is 15.0 Å². The molecule has 5 nitrogen and oxygen atoms in total. The molecule has 0 aliphatic carbocycles. The van der Waals surface area contributed by atoms with Crippen molar-refractivity contribution in [3.8, 4) is 5.75 Å². The Hall–Kier alpha value is -3.19. The third kappa shape index (κ3) is 8.21. The molecule has 0 aliphatic heterocycles. The fourth-order valence-corrected chi connectivity index (χ4v) is 3.81. The smallest absolute Gasteiger partial charge is 0.261 e. The lowest BCUT2D eigenvalue weighted by Gasteiger charge is -2.31. The van der Waals surface area contributed by atoms with Crippen LogP contribution in [0.5, 0.6) is 5.75 Å². The molecule has 0 saturated heterocycles. The number of rotatable bonds is 11. The van der Waals surface area contributed by atoms with E-state index in [2.05, 4.69) is 21.2 Å². The Morgan fingerprint density at radius 3 is 2.29 bits per heavy atom. The number of carbonyl (C=O) groups is 2. The number of hydrogen-bond donors (Lipinski definition) is 1. The first-order chi connectivity index (χ1) is 16.8. The zero-order chi connectivity index (χ0) is 25.2. The highest BCUT2D eigenvalue weighted by Crippen LogP contribution is 2.19. The second-order valence-electron chi connectivity index (χ2n) is 8.70. The molecule has 0 fully saturated rings. The van der Waals surface area contributed by atoms with Crippen LogP contribution in [0.1, 0.15) is 25.0 Å². The predicted molar refractivity (Wildman–Crippen MR) is 138 cm³/mol. The lowest BCUT2D eigenvalue weighted by Crippen LogP contribution is -2.52. The quantitative estimate of drug-likeness (QED) is 0.355. The van der Waals surface area contributed by atoms with Gasteiger partial charge in [0.25, 0.3) is 5.91 Å². The molecular weight excluding hydrogens is 511 g/mol. The normalized spacial score (nSPS) is 11.7. The van der Waals surface area contributed by atoms with Crippen LogP contribution in [0.4, 0.5) is 4.39 Å². The number of nitrogens with one attached hydrogen (secondary N) is 1. The van der Waals surface area contributed by atoms with Crippen LogP contribution in [0.2, 0.25) is 0 Å². The highest BCUT2D eigenvalue weighted by Gasteiger charge is 2.31. The maximum atomic E-state index is 14.6. The number of carbonyl (C=O) groups excluding carboxylic acids is 2. The van der Waals surface area contributed by atoms with E-state index in [0.717, 1.165) is 10.0 Å². The summed E-state index contributed by atoms with van der Waals surface area (Å²) in [6, 6.07) is 22.0. The molecule has 0 aliphatic rings. The second kappa shape index (κ2) is 13.0. The lowest BCUT2D eigenvalue weighted by molar-refractivity contribution is -0.142. The minimum atomic E-state index is -0.836. The lowest BCUT2D eigenvalue weighted by atomic mass is 10.0. The second-order valence-corrected chi connectivity index (χ2v) is 9.62. The van der Waals surface area contributed by atoms with E-state index in [0.29, 0.717) is 24.3 Å². The van der Waals surface area contributed by atoms with Gasteiger partial charge in [0.1, 0.15) is 17.6 Å². The van der Waals surface area contributed by atoms with Crippen molar-refractivity contribution in [1.29, 1.82) is 0 Å². The molecule has 0 aromatic heterocycles. The fraction of sp³-hybridized carbons (Fsp3) is 0.286. The minimum absolute atomic E-state index is 0.0538. The Morgan fingerprint density at radius 1 is 0.971 bits per heavy atom. The Bertz CT molecular complexity index is 1110. The molecule has 3 aromatic rings. The van der Waals surface area contributed by atoms with E-state index in [-0.39, 0.29) is 25.0 Å². The van der Waals surface area contributed by atoms with E-state index in [4.69, 9.17) is 4.74 Å². The van der Waals surface area contributed by atoms with Crippen molar-refractivity contribution in [3.05, 3.63) is 100 Å². The number of nitrogens with zero attached hydrogens (tertiary/aromatic N) is 1. The van der Waals surface area contributed by atoms with Crippen LogP contribution in [0.15, 0.2) is 83.3 Å². The Labute approximate surface area is 214 Å². The van der Waals surface area contributed by atoms with Crippen molar-refractivity contribution in [1.82, 2.24) is 10.2 Å². The summed E-state index contributed by atoms with van der Waals surface area (Å²) >= 11 is 3.37. The van der Waals surface area contributed by atoms with E-state index < -0.39 is 17.8 Å². The van der Waals surface area contributed by atoms with Gasteiger partial charge >= 0.3 is 0 Å². The molecule has 0 bridgehead atoms. The minimum Gasteiger partial charge on any atom is -0.484 e. The third-order valence-corrected chi connectivity index (χ3v) is 5.96. The molecular formula is C28H30BrFN2O3. The molecule has 0 saturated carbocycles. The average Bonchev–Trinajstić information content (AvgIpc) is 2.85. The van der Waals surface area contributed by atoms with E-state index in [9.17, 15) is 14.0 Å². The molecule has 1 atom stereocenters. The van der Waals surface area contributed by atoms with Gasteiger partial charge in [-0.05, 0) is 41.8 Å². The Morgan fingerprint density at radius 2 is 1.63 bits per heavy atom. The standard InChI is InChI=1S/C28H30BrFN2O3/c1-20(2)17-31-28(34)26(16-21-8-4-3-5-9-21)32(18-22-10-6-7-11-25(22)30)27(33)19-35-24-14-12-23(29)13-15-24/h3-15,20,26H,16-19H2,1-2H3,(H,31,34)/t26-/m1/s1. The number of halogens is 2. The Balaban J connectivity index is 1.90. The molecule has 3 aromatic carbocycles. The van der Waals surface area contributed by atoms with Gasteiger partial charge in [-0.15, -0.1) is 0 Å². The van der Waals surface area contributed by atoms with Gasteiger partial charge in [-0.2, -0.15) is 0 Å². The Kier molecular flexibility index (Phi) is 9.85. The van der Waals surface area contributed by atoms with Gasteiger partial charge in [-0.3, -0.25) is 9.59 Å². The van der Waals surface area contributed by atoms with Crippen molar-refractivity contribution >= 4 is 27.7 Å². The maximum Gasteiger partial charge on any atom is 0.261 e.